The molecule has 3 heterocycles. The van der Waals surface area contributed by atoms with Gasteiger partial charge in [0.2, 0.25) is 0 Å². The second-order valence-corrected chi connectivity index (χ2v) is 9.88. The van der Waals surface area contributed by atoms with Crippen molar-refractivity contribution in [1.82, 2.24) is 29.7 Å². The summed E-state index contributed by atoms with van der Waals surface area (Å²) in [7, 11) is 7.19. The lowest BCUT2D eigenvalue weighted by Crippen LogP contribution is -2.29. The van der Waals surface area contributed by atoms with Gasteiger partial charge in [-0.1, -0.05) is 13.0 Å². The Bertz CT molecular complexity index is 1480. The molecule has 10 nitrogen and oxygen atoms in total. The molecule has 0 saturated carbocycles. The van der Waals surface area contributed by atoms with E-state index in [1.807, 2.05) is 55.1 Å². The maximum atomic E-state index is 13.9. The number of nitrogens with one attached hydrogen (secondary N) is 1. The zero-order valence-corrected chi connectivity index (χ0v) is 24.1. The second kappa shape index (κ2) is 13.0. The monoisotopic (exact) mass is 546 g/mol. The summed E-state index contributed by atoms with van der Waals surface area (Å²) in [4.78, 5) is 29.6. The Hall–Kier alpha value is -3.86. The average molecular weight is 547 g/mol. The van der Waals surface area contributed by atoms with Crippen LogP contribution in [0, 0.1) is 6.92 Å². The van der Waals surface area contributed by atoms with E-state index in [1.165, 1.54) is 0 Å². The fraction of sp³-hybridized carbons (Fsp3) is 0.400. The highest BCUT2D eigenvalue weighted by molar-refractivity contribution is 6.07. The van der Waals surface area contributed by atoms with E-state index in [9.17, 15) is 9.90 Å². The van der Waals surface area contributed by atoms with E-state index in [2.05, 4.69) is 17.2 Å². The van der Waals surface area contributed by atoms with E-state index >= 15 is 0 Å². The van der Waals surface area contributed by atoms with E-state index in [0.717, 1.165) is 28.9 Å². The lowest BCUT2D eigenvalue weighted by Gasteiger charge is -2.20. The number of rotatable bonds is 12. The molecule has 0 aliphatic carbocycles. The van der Waals surface area contributed by atoms with Gasteiger partial charge in [-0.2, -0.15) is 0 Å². The van der Waals surface area contributed by atoms with Crippen molar-refractivity contribution in [1.29, 1.82) is 0 Å². The van der Waals surface area contributed by atoms with Crippen molar-refractivity contribution in [3.05, 3.63) is 70.9 Å². The van der Waals surface area contributed by atoms with Gasteiger partial charge in [-0.25, -0.2) is 15.0 Å². The first-order chi connectivity index (χ1) is 19.2. The summed E-state index contributed by atoms with van der Waals surface area (Å²) in [6.45, 7) is 5.35. The van der Waals surface area contributed by atoms with Crippen molar-refractivity contribution in [2.24, 2.45) is 7.05 Å². The van der Waals surface area contributed by atoms with Crippen LogP contribution >= 0.6 is 0 Å². The van der Waals surface area contributed by atoms with Crippen LogP contribution < -0.4 is 10.1 Å². The number of aryl methyl sites for hydroxylation is 2. The number of aliphatic hydroxyl groups excluding tert-OH is 1. The topological polar surface area (TPSA) is 115 Å². The molecule has 40 heavy (non-hydrogen) atoms. The molecule has 2 N–H and O–H groups in total. The largest absolute Gasteiger partial charge is 0.489 e. The minimum atomic E-state index is -0.625. The molecule has 0 fully saturated rings. The minimum absolute atomic E-state index is 0.127. The molecule has 0 aliphatic rings. The third kappa shape index (κ3) is 6.47. The average Bonchev–Trinajstić information content (AvgIpc) is 3.30. The number of benzene rings is 1. The van der Waals surface area contributed by atoms with Gasteiger partial charge in [0.05, 0.1) is 53.2 Å². The number of ether oxygens (including phenoxy) is 2. The van der Waals surface area contributed by atoms with Gasteiger partial charge in [-0.15, -0.1) is 0 Å². The van der Waals surface area contributed by atoms with Gasteiger partial charge in [0.15, 0.2) is 0 Å². The molecule has 0 aliphatic heterocycles. The number of methoxy groups -OCH3 is 1. The predicted molar refractivity (Wildman–Crippen MR) is 154 cm³/mol. The maximum absolute atomic E-state index is 13.9. The van der Waals surface area contributed by atoms with Gasteiger partial charge in [0, 0.05) is 39.6 Å². The van der Waals surface area contributed by atoms with Crippen LogP contribution in [0.1, 0.15) is 40.1 Å². The van der Waals surface area contributed by atoms with E-state index < -0.39 is 6.10 Å². The van der Waals surface area contributed by atoms with E-state index in [1.54, 1.807) is 32.2 Å². The van der Waals surface area contributed by atoms with Gasteiger partial charge < -0.3 is 29.4 Å². The van der Waals surface area contributed by atoms with Gasteiger partial charge in [0.25, 0.3) is 5.91 Å². The zero-order chi connectivity index (χ0) is 28.8. The summed E-state index contributed by atoms with van der Waals surface area (Å²) in [5.74, 6) is 1.43. The number of likely N-dealkylation sites (N-methyl/N-ethyl adjacent to an activating group) is 1. The summed E-state index contributed by atoms with van der Waals surface area (Å²) in [5, 5.41) is 13.6. The molecule has 1 aromatic carbocycles. The molecule has 0 spiro atoms. The molecule has 0 bridgehead atoms. The highest BCUT2D eigenvalue weighted by Gasteiger charge is 2.20. The SMILES string of the molecule is CCc1ncc(CN(C)C(=O)c2cc(-c3ccc(OCC(O)CNC)c(C)n3)nc3ccc(COC)cc23)n1C. The molecule has 1 atom stereocenters. The Balaban J connectivity index is 1.70. The summed E-state index contributed by atoms with van der Waals surface area (Å²) < 4.78 is 13.1. The number of nitrogens with zero attached hydrogens (tertiary/aromatic N) is 5. The number of imidazole rings is 1. The van der Waals surface area contributed by atoms with E-state index in [0.29, 0.717) is 53.6 Å². The highest BCUT2D eigenvalue weighted by Crippen LogP contribution is 2.28. The third-order valence-corrected chi connectivity index (χ3v) is 6.83. The Morgan fingerprint density at radius 2 is 1.98 bits per heavy atom. The fourth-order valence-corrected chi connectivity index (χ4v) is 4.65. The molecular weight excluding hydrogens is 508 g/mol. The Morgan fingerprint density at radius 1 is 1.18 bits per heavy atom. The van der Waals surface area contributed by atoms with E-state index in [4.69, 9.17) is 19.4 Å². The molecule has 4 aromatic rings. The van der Waals surface area contributed by atoms with Gasteiger partial charge in [-0.05, 0) is 49.9 Å². The second-order valence-electron chi connectivity index (χ2n) is 9.88. The van der Waals surface area contributed by atoms with Crippen molar-refractivity contribution in [3.8, 4) is 17.1 Å². The molecule has 0 saturated heterocycles. The third-order valence-electron chi connectivity index (χ3n) is 6.83. The van der Waals surface area contributed by atoms with Crippen LogP contribution in [0.5, 0.6) is 5.75 Å². The first-order valence-electron chi connectivity index (χ1n) is 13.4. The van der Waals surface area contributed by atoms with Crippen LogP contribution in [-0.4, -0.2) is 75.9 Å². The Labute approximate surface area is 235 Å². The summed E-state index contributed by atoms with van der Waals surface area (Å²) >= 11 is 0. The first kappa shape index (κ1) is 29.1. The van der Waals surface area contributed by atoms with Crippen LogP contribution in [0.2, 0.25) is 0 Å². The summed E-state index contributed by atoms with van der Waals surface area (Å²) in [6.07, 6.45) is 2.02. The lowest BCUT2D eigenvalue weighted by atomic mass is 10.0. The molecule has 3 aromatic heterocycles. The van der Waals surface area contributed by atoms with Crippen molar-refractivity contribution in [2.45, 2.75) is 39.5 Å². The standard InChI is InChI=1S/C30H38N6O4/c1-7-29-32-14-21(36(29)5)16-35(4)30(38)24-13-27(34-25-9-8-20(17-39-6)12-23(24)25)26-10-11-28(19(2)33-26)40-18-22(37)15-31-3/h8-14,22,31,37H,7,15-18H2,1-6H3. The molecule has 212 valence electrons. The number of hydrogen-bond donors (Lipinski definition) is 2. The summed E-state index contributed by atoms with van der Waals surface area (Å²) in [6, 6.07) is 11.3. The quantitative estimate of drug-likeness (QED) is 0.278. The number of pyridine rings is 2. The number of carbonyl (C=O) groups excluding carboxylic acids is 1. The van der Waals surface area contributed by atoms with Crippen LogP contribution in [0.25, 0.3) is 22.3 Å². The number of hydrogen-bond acceptors (Lipinski definition) is 8. The molecule has 1 unspecified atom stereocenters. The number of amides is 1. The van der Waals surface area contributed by atoms with Crippen LogP contribution in [0.3, 0.4) is 0 Å². The van der Waals surface area contributed by atoms with Crippen LogP contribution in [-0.2, 0) is 31.4 Å². The Morgan fingerprint density at radius 3 is 2.65 bits per heavy atom. The Kier molecular flexibility index (Phi) is 9.46. The molecule has 0 radical (unpaired) electrons. The number of aromatic nitrogens is 4. The number of carbonyl (C=O) groups is 1. The van der Waals surface area contributed by atoms with Crippen molar-refractivity contribution >= 4 is 16.8 Å². The summed E-state index contributed by atoms with van der Waals surface area (Å²) in [5.41, 5.74) is 5.02. The first-order valence-corrected chi connectivity index (χ1v) is 13.4. The zero-order valence-electron chi connectivity index (χ0n) is 24.1. The van der Waals surface area contributed by atoms with Gasteiger partial charge >= 0.3 is 0 Å². The maximum Gasteiger partial charge on any atom is 0.254 e. The lowest BCUT2D eigenvalue weighted by molar-refractivity contribution is 0.0784. The normalized spacial score (nSPS) is 12.1. The van der Waals surface area contributed by atoms with Gasteiger partial charge in [0.1, 0.15) is 24.3 Å². The van der Waals surface area contributed by atoms with Crippen molar-refractivity contribution in [3.63, 3.8) is 0 Å². The molecule has 4 rings (SSSR count). The van der Waals surface area contributed by atoms with Crippen LogP contribution in [0.15, 0.2) is 42.6 Å². The molecule has 1 amide bonds. The molecule has 10 heteroatoms. The van der Waals surface area contributed by atoms with E-state index in [-0.39, 0.29) is 12.5 Å². The van der Waals surface area contributed by atoms with Crippen LogP contribution in [0.4, 0.5) is 0 Å². The molecular formula is C30H38N6O4. The number of aliphatic hydroxyl groups is 1. The van der Waals surface area contributed by atoms with Crippen molar-refractivity contribution in [2.75, 3.05) is 34.4 Å². The fourth-order valence-electron chi connectivity index (χ4n) is 4.65. The smallest absolute Gasteiger partial charge is 0.254 e. The number of fused-ring (bicyclic) bond motifs is 1. The van der Waals surface area contributed by atoms with Crippen molar-refractivity contribution < 1.29 is 19.4 Å². The minimum Gasteiger partial charge on any atom is -0.489 e. The van der Waals surface area contributed by atoms with Gasteiger partial charge in [-0.3, -0.25) is 4.79 Å². The predicted octanol–water partition coefficient (Wildman–Crippen LogP) is 3.28. The highest BCUT2D eigenvalue weighted by atomic mass is 16.5.